The summed E-state index contributed by atoms with van der Waals surface area (Å²) in [6.45, 7) is 4.81. The number of nitrogens with one attached hydrogen (secondary N) is 1. The van der Waals surface area contributed by atoms with Crippen molar-refractivity contribution in [1.82, 2.24) is 24.8 Å². The lowest BCUT2D eigenvalue weighted by Crippen LogP contribution is -2.41. The number of imidazole rings is 1. The lowest BCUT2D eigenvalue weighted by Gasteiger charge is -2.23. The van der Waals surface area contributed by atoms with Crippen LogP contribution in [0.15, 0.2) is 35.7 Å². The van der Waals surface area contributed by atoms with Crippen LogP contribution in [0, 0.1) is 18.8 Å². The second kappa shape index (κ2) is 7.98. The third-order valence-corrected chi connectivity index (χ3v) is 6.30. The minimum atomic E-state index is 0. The maximum absolute atomic E-state index is 6.08. The molecule has 28 heavy (non-hydrogen) atoms. The molecule has 5 rings (SSSR count). The van der Waals surface area contributed by atoms with Gasteiger partial charge in [-0.05, 0) is 31.4 Å². The van der Waals surface area contributed by atoms with Crippen molar-refractivity contribution in [2.75, 3.05) is 20.1 Å². The van der Waals surface area contributed by atoms with Crippen LogP contribution in [0.4, 0.5) is 0 Å². The normalized spacial score (nSPS) is 28.4. The van der Waals surface area contributed by atoms with Gasteiger partial charge in [0, 0.05) is 57.1 Å². The number of ether oxygens (including phenoxy) is 1. The molecule has 0 aliphatic carbocycles. The lowest BCUT2D eigenvalue weighted by atomic mass is 9.82. The molecule has 8 heteroatoms. The number of aliphatic imine (C=N–C) groups is 1. The number of pyridine rings is 1. The third-order valence-electron chi connectivity index (χ3n) is 6.30. The number of hydrogen-bond donors (Lipinski definition) is 1. The summed E-state index contributed by atoms with van der Waals surface area (Å²) in [6, 6.07) is 4.14. The smallest absolute Gasteiger partial charge is 0.193 e. The monoisotopic (exact) mass is 494 g/mol. The Bertz CT molecular complexity index is 833. The van der Waals surface area contributed by atoms with Crippen molar-refractivity contribution in [2.45, 2.75) is 38.5 Å². The van der Waals surface area contributed by atoms with Crippen molar-refractivity contribution in [1.29, 1.82) is 0 Å². The van der Waals surface area contributed by atoms with E-state index < -0.39 is 0 Å². The maximum Gasteiger partial charge on any atom is 0.193 e. The highest BCUT2D eigenvalue weighted by Gasteiger charge is 2.53. The third kappa shape index (κ3) is 3.41. The highest BCUT2D eigenvalue weighted by molar-refractivity contribution is 14.0. The van der Waals surface area contributed by atoms with Crippen molar-refractivity contribution < 1.29 is 4.74 Å². The Morgan fingerprint density at radius 3 is 2.54 bits per heavy atom. The van der Waals surface area contributed by atoms with Crippen LogP contribution in [0.1, 0.15) is 24.2 Å². The minimum absolute atomic E-state index is 0. The molecule has 2 bridgehead atoms. The number of rotatable bonds is 3. The molecular formula is C20H27IN6O. The molecule has 0 radical (unpaired) electrons. The number of aromatic nitrogens is 3. The van der Waals surface area contributed by atoms with Gasteiger partial charge in [0.25, 0.3) is 0 Å². The first kappa shape index (κ1) is 19.6. The Balaban J connectivity index is 0.00000192. The van der Waals surface area contributed by atoms with Crippen LogP contribution in [0.2, 0.25) is 0 Å². The van der Waals surface area contributed by atoms with E-state index in [-0.39, 0.29) is 24.0 Å². The maximum atomic E-state index is 6.08. The molecule has 150 valence electrons. The van der Waals surface area contributed by atoms with Crippen molar-refractivity contribution >= 4 is 29.9 Å². The van der Waals surface area contributed by atoms with Crippen molar-refractivity contribution in [3.63, 3.8) is 0 Å². The average molecular weight is 494 g/mol. The van der Waals surface area contributed by atoms with E-state index in [2.05, 4.69) is 31.2 Å². The van der Waals surface area contributed by atoms with E-state index in [4.69, 9.17) is 4.74 Å². The molecule has 4 unspecified atom stereocenters. The van der Waals surface area contributed by atoms with Gasteiger partial charge in [-0.1, -0.05) is 6.07 Å². The van der Waals surface area contributed by atoms with E-state index in [1.165, 1.54) is 12.8 Å². The number of aryl methyl sites for hydroxylation is 1. The van der Waals surface area contributed by atoms with Crippen LogP contribution in [-0.2, 0) is 11.3 Å². The van der Waals surface area contributed by atoms with E-state index in [1.807, 2.05) is 37.0 Å². The topological polar surface area (TPSA) is 67.6 Å². The summed E-state index contributed by atoms with van der Waals surface area (Å²) in [5, 5.41) is 3.51. The first-order valence-corrected chi connectivity index (χ1v) is 9.79. The van der Waals surface area contributed by atoms with Gasteiger partial charge in [0.05, 0.1) is 12.2 Å². The van der Waals surface area contributed by atoms with Gasteiger partial charge in [0.15, 0.2) is 5.96 Å². The fourth-order valence-corrected chi connectivity index (χ4v) is 4.93. The summed E-state index contributed by atoms with van der Waals surface area (Å²) in [7, 11) is 1.87. The molecule has 0 amide bonds. The molecule has 3 aliphatic rings. The molecule has 0 aromatic carbocycles. The first-order valence-electron chi connectivity index (χ1n) is 9.79. The molecule has 1 N–H and O–H groups in total. The van der Waals surface area contributed by atoms with Crippen LogP contribution in [-0.4, -0.2) is 57.7 Å². The van der Waals surface area contributed by atoms with E-state index in [1.54, 1.807) is 6.20 Å². The Hall–Kier alpha value is -1.68. The predicted octanol–water partition coefficient (Wildman–Crippen LogP) is 2.38. The van der Waals surface area contributed by atoms with Gasteiger partial charge in [0.2, 0.25) is 0 Å². The highest BCUT2D eigenvalue weighted by atomic mass is 127. The van der Waals surface area contributed by atoms with E-state index in [9.17, 15) is 0 Å². The molecule has 3 fully saturated rings. The summed E-state index contributed by atoms with van der Waals surface area (Å²) in [4.78, 5) is 15.7. The van der Waals surface area contributed by atoms with Gasteiger partial charge in [-0.25, -0.2) is 9.97 Å². The Morgan fingerprint density at radius 1 is 1.21 bits per heavy atom. The van der Waals surface area contributed by atoms with Gasteiger partial charge >= 0.3 is 0 Å². The number of halogens is 1. The predicted molar refractivity (Wildman–Crippen MR) is 118 cm³/mol. The standard InChI is InChI=1S/C20H26N6O.HI/c1-13-22-7-8-26(13)19-6-3-14(9-23-19)10-24-20(21-2)25-11-15-16(12-25)18-5-4-17(15)27-18;/h3,6-9,15-18H,4-5,10-12H2,1-2H3,(H,21,24);1H. The Kier molecular flexibility index (Phi) is 5.59. The summed E-state index contributed by atoms with van der Waals surface area (Å²) in [5.74, 6) is 4.17. The molecule has 5 heterocycles. The van der Waals surface area contributed by atoms with Gasteiger partial charge in [-0.2, -0.15) is 0 Å². The second-order valence-electron chi connectivity index (χ2n) is 7.79. The molecular weight excluding hydrogens is 467 g/mol. The number of likely N-dealkylation sites (tertiary alicyclic amines) is 1. The SMILES string of the molecule is CN=C(NCc1ccc(-n2ccnc2C)nc1)N1CC2C3CCC(O3)C2C1.I. The largest absolute Gasteiger partial charge is 0.374 e. The van der Waals surface area contributed by atoms with Gasteiger partial charge in [0.1, 0.15) is 11.6 Å². The summed E-state index contributed by atoms with van der Waals surface area (Å²) in [6.07, 6.45) is 9.07. The fraction of sp³-hybridized carbons (Fsp3) is 0.550. The minimum Gasteiger partial charge on any atom is -0.374 e. The fourth-order valence-electron chi connectivity index (χ4n) is 4.93. The van der Waals surface area contributed by atoms with E-state index in [0.717, 1.165) is 42.8 Å². The van der Waals surface area contributed by atoms with Gasteiger partial charge < -0.3 is 15.0 Å². The molecule has 2 aromatic heterocycles. The quantitative estimate of drug-likeness (QED) is 0.404. The van der Waals surface area contributed by atoms with Crippen LogP contribution in [0.3, 0.4) is 0 Å². The molecule has 0 saturated carbocycles. The van der Waals surface area contributed by atoms with Gasteiger partial charge in [-0.3, -0.25) is 9.56 Å². The lowest BCUT2D eigenvalue weighted by molar-refractivity contribution is 0.0767. The molecule has 3 aliphatic heterocycles. The van der Waals surface area contributed by atoms with E-state index in [0.29, 0.717) is 24.0 Å². The number of nitrogens with zero attached hydrogens (tertiary/aromatic N) is 5. The van der Waals surface area contributed by atoms with Crippen LogP contribution < -0.4 is 5.32 Å². The first-order chi connectivity index (χ1) is 13.2. The Morgan fingerprint density at radius 2 is 1.96 bits per heavy atom. The summed E-state index contributed by atoms with van der Waals surface area (Å²) in [5.41, 5.74) is 1.14. The number of guanidine groups is 1. The average Bonchev–Trinajstić information content (AvgIpc) is 3.45. The van der Waals surface area contributed by atoms with E-state index >= 15 is 0 Å². The summed E-state index contributed by atoms with van der Waals surface area (Å²) < 4.78 is 8.06. The zero-order valence-corrected chi connectivity index (χ0v) is 18.6. The van der Waals surface area contributed by atoms with Crippen LogP contribution >= 0.6 is 24.0 Å². The molecule has 2 aromatic rings. The molecule has 7 nitrogen and oxygen atoms in total. The zero-order valence-electron chi connectivity index (χ0n) is 16.3. The van der Waals surface area contributed by atoms with Gasteiger partial charge in [-0.15, -0.1) is 24.0 Å². The second-order valence-corrected chi connectivity index (χ2v) is 7.79. The van der Waals surface area contributed by atoms with Crippen molar-refractivity contribution in [3.05, 3.63) is 42.1 Å². The zero-order chi connectivity index (χ0) is 18.4. The van der Waals surface area contributed by atoms with Crippen LogP contribution in [0.5, 0.6) is 0 Å². The highest BCUT2D eigenvalue weighted by Crippen LogP contribution is 2.47. The summed E-state index contributed by atoms with van der Waals surface area (Å²) >= 11 is 0. The number of fused-ring (bicyclic) bond motifs is 5. The van der Waals surface area contributed by atoms with Crippen LogP contribution in [0.25, 0.3) is 5.82 Å². The van der Waals surface area contributed by atoms with Crippen molar-refractivity contribution in [2.24, 2.45) is 16.8 Å². The molecule has 3 saturated heterocycles. The molecule has 4 atom stereocenters. The Labute approximate surface area is 182 Å². The van der Waals surface area contributed by atoms with Crippen molar-refractivity contribution in [3.8, 4) is 5.82 Å². The molecule has 0 spiro atoms. The number of hydrogen-bond acceptors (Lipinski definition) is 4.